The topological polar surface area (TPSA) is 56.9 Å². The van der Waals surface area contributed by atoms with Crippen molar-refractivity contribution in [2.45, 2.75) is 25.9 Å². The second kappa shape index (κ2) is 6.51. The number of imidazole rings is 1. The van der Waals surface area contributed by atoms with Crippen molar-refractivity contribution in [1.29, 1.82) is 0 Å². The second-order valence-electron chi connectivity index (χ2n) is 5.61. The molecule has 0 saturated carbocycles. The number of aromatic nitrogens is 3. The highest BCUT2D eigenvalue weighted by molar-refractivity contribution is 5.36. The van der Waals surface area contributed by atoms with E-state index in [1.54, 1.807) is 12.4 Å². The minimum Gasteiger partial charge on any atom is -0.395 e. The van der Waals surface area contributed by atoms with Crippen LogP contribution in [0.15, 0.2) is 24.8 Å². The van der Waals surface area contributed by atoms with E-state index in [0.717, 1.165) is 44.8 Å². The molecular weight excluding hydrogens is 266 g/mol. The van der Waals surface area contributed by atoms with Gasteiger partial charge in [-0.1, -0.05) is 6.92 Å². The lowest BCUT2D eigenvalue weighted by Gasteiger charge is -2.38. The molecule has 0 amide bonds. The van der Waals surface area contributed by atoms with Crippen LogP contribution in [0.3, 0.4) is 0 Å². The zero-order valence-electron chi connectivity index (χ0n) is 12.5. The van der Waals surface area contributed by atoms with Crippen LogP contribution in [0.25, 0.3) is 5.65 Å². The predicted molar refractivity (Wildman–Crippen MR) is 81.0 cm³/mol. The molecule has 0 aromatic carbocycles. The summed E-state index contributed by atoms with van der Waals surface area (Å²) in [5.74, 6) is 0. The summed E-state index contributed by atoms with van der Waals surface area (Å²) in [4.78, 5) is 13.3. The van der Waals surface area contributed by atoms with Gasteiger partial charge >= 0.3 is 0 Å². The lowest BCUT2D eigenvalue weighted by atomic mass is 10.1. The van der Waals surface area contributed by atoms with Crippen molar-refractivity contribution >= 4 is 5.65 Å². The molecular formula is C15H23N5O. The van der Waals surface area contributed by atoms with Crippen LogP contribution >= 0.6 is 0 Å². The molecule has 3 rings (SSSR count). The van der Waals surface area contributed by atoms with Crippen molar-refractivity contribution in [1.82, 2.24) is 24.2 Å². The highest BCUT2D eigenvalue weighted by Crippen LogP contribution is 2.13. The van der Waals surface area contributed by atoms with Crippen molar-refractivity contribution in [3.8, 4) is 0 Å². The summed E-state index contributed by atoms with van der Waals surface area (Å²) >= 11 is 0. The molecule has 0 radical (unpaired) electrons. The van der Waals surface area contributed by atoms with Gasteiger partial charge in [0, 0.05) is 51.2 Å². The Bertz CT molecular complexity index is 572. The minimum atomic E-state index is 0.261. The van der Waals surface area contributed by atoms with E-state index in [9.17, 15) is 5.11 Å². The Labute approximate surface area is 125 Å². The average Bonchev–Trinajstić information content (AvgIpc) is 2.93. The standard InChI is InChI=1S/C15H23N5O/c1-2-13(12-21)19-7-5-18(6-8-19)11-14-9-17-15-10-16-3-4-20(14)15/h3-4,9-10,13,21H,2,5-8,11-12H2,1H3. The number of nitrogens with zero attached hydrogens (tertiary/aromatic N) is 5. The van der Waals surface area contributed by atoms with Crippen LogP contribution in [0, 0.1) is 0 Å². The monoisotopic (exact) mass is 289 g/mol. The summed E-state index contributed by atoms with van der Waals surface area (Å²) in [5.41, 5.74) is 2.10. The Kier molecular flexibility index (Phi) is 4.48. The molecule has 2 aromatic heterocycles. The van der Waals surface area contributed by atoms with Crippen LogP contribution in [0.2, 0.25) is 0 Å². The van der Waals surface area contributed by atoms with Gasteiger partial charge in [0.15, 0.2) is 5.65 Å². The Morgan fingerprint density at radius 2 is 2.05 bits per heavy atom. The predicted octanol–water partition coefficient (Wildman–Crippen LogP) is 0.618. The molecule has 2 aromatic rings. The van der Waals surface area contributed by atoms with Gasteiger partial charge in [0.05, 0.1) is 24.7 Å². The van der Waals surface area contributed by atoms with Gasteiger partial charge < -0.3 is 5.11 Å². The third-order valence-electron chi connectivity index (χ3n) is 4.38. The number of hydrogen-bond donors (Lipinski definition) is 1. The van der Waals surface area contributed by atoms with Crippen molar-refractivity contribution in [2.75, 3.05) is 32.8 Å². The maximum Gasteiger partial charge on any atom is 0.155 e. The van der Waals surface area contributed by atoms with Gasteiger partial charge in [-0.05, 0) is 6.42 Å². The summed E-state index contributed by atoms with van der Waals surface area (Å²) < 4.78 is 2.10. The summed E-state index contributed by atoms with van der Waals surface area (Å²) in [5, 5.41) is 9.40. The van der Waals surface area contributed by atoms with E-state index in [1.165, 1.54) is 5.69 Å². The summed E-state index contributed by atoms with van der Waals surface area (Å²) in [6, 6.07) is 0.314. The normalized spacial score (nSPS) is 19.1. The quantitative estimate of drug-likeness (QED) is 0.874. The van der Waals surface area contributed by atoms with Crippen molar-refractivity contribution < 1.29 is 5.11 Å². The molecule has 1 aliphatic heterocycles. The van der Waals surface area contributed by atoms with Gasteiger partial charge in [0.1, 0.15) is 0 Å². The van der Waals surface area contributed by atoms with Gasteiger partial charge in [0.25, 0.3) is 0 Å². The Morgan fingerprint density at radius 3 is 2.76 bits per heavy atom. The smallest absolute Gasteiger partial charge is 0.155 e. The van der Waals surface area contributed by atoms with Gasteiger partial charge in [-0.25, -0.2) is 4.98 Å². The third kappa shape index (κ3) is 3.07. The molecule has 0 aliphatic carbocycles. The first kappa shape index (κ1) is 14.4. The van der Waals surface area contributed by atoms with E-state index in [0.29, 0.717) is 6.04 Å². The number of piperazine rings is 1. The molecule has 0 bridgehead atoms. The van der Waals surface area contributed by atoms with E-state index in [4.69, 9.17) is 0 Å². The van der Waals surface area contributed by atoms with Crippen LogP contribution in [-0.4, -0.2) is 68.1 Å². The number of fused-ring (bicyclic) bond motifs is 1. The van der Waals surface area contributed by atoms with Gasteiger partial charge in [-0.15, -0.1) is 0 Å². The fourth-order valence-electron chi connectivity index (χ4n) is 3.03. The van der Waals surface area contributed by atoms with E-state index in [1.807, 2.05) is 12.4 Å². The van der Waals surface area contributed by atoms with Gasteiger partial charge in [-0.2, -0.15) is 0 Å². The fraction of sp³-hybridized carbons (Fsp3) is 0.600. The first-order valence-electron chi connectivity index (χ1n) is 7.65. The molecule has 1 fully saturated rings. The summed E-state index contributed by atoms with van der Waals surface area (Å²) in [6.45, 7) is 7.43. The molecule has 1 unspecified atom stereocenters. The molecule has 114 valence electrons. The molecule has 0 spiro atoms. The average molecular weight is 289 g/mol. The Hall–Kier alpha value is -1.50. The van der Waals surface area contributed by atoms with Gasteiger partial charge in [0.2, 0.25) is 0 Å². The van der Waals surface area contributed by atoms with E-state index in [-0.39, 0.29) is 6.61 Å². The third-order valence-corrected chi connectivity index (χ3v) is 4.38. The fourth-order valence-corrected chi connectivity index (χ4v) is 3.03. The molecule has 3 heterocycles. The van der Waals surface area contributed by atoms with Crippen molar-refractivity contribution in [2.24, 2.45) is 0 Å². The van der Waals surface area contributed by atoms with Crippen LogP contribution in [0.5, 0.6) is 0 Å². The highest BCUT2D eigenvalue weighted by atomic mass is 16.3. The number of hydrogen-bond acceptors (Lipinski definition) is 5. The molecule has 1 N–H and O–H groups in total. The first-order valence-corrected chi connectivity index (χ1v) is 7.65. The SMILES string of the molecule is CCC(CO)N1CCN(Cc2cnc3cnccn23)CC1. The van der Waals surface area contributed by atoms with Gasteiger partial charge in [-0.3, -0.25) is 19.2 Å². The molecule has 6 nitrogen and oxygen atoms in total. The number of aliphatic hydroxyl groups is 1. The Morgan fingerprint density at radius 1 is 1.24 bits per heavy atom. The molecule has 6 heteroatoms. The summed E-state index contributed by atoms with van der Waals surface area (Å²) in [7, 11) is 0. The molecule has 1 saturated heterocycles. The maximum atomic E-state index is 9.40. The van der Waals surface area contributed by atoms with Crippen molar-refractivity contribution in [3.05, 3.63) is 30.5 Å². The molecule has 1 atom stereocenters. The van der Waals surface area contributed by atoms with Crippen LogP contribution in [0.1, 0.15) is 19.0 Å². The largest absolute Gasteiger partial charge is 0.395 e. The van der Waals surface area contributed by atoms with E-state index >= 15 is 0 Å². The number of rotatable bonds is 5. The summed E-state index contributed by atoms with van der Waals surface area (Å²) in [6.07, 6.45) is 8.49. The van der Waals surface area contributed by atoms with E-state index < -0.39 is 0 Å². The molecule has 21 heavy (non-hydrogen) atoms. The first-order chi connectivity index (χ1) is 10.3. The molecule has 1 aliphatic rings. The van der Waals surface area contributed by atoms with Crippen molar-refractivity contribution in [3.63, 3.8) is 0 Å². The zero-order valence-corrected chi connectivity index (χ0v) is 12.5. The van der Waals surface area contributed by atoms with Crippen LogP contribution in [0.4, 0.5) is 0 Å². The highest BCUT2D eigenvalue weighted by Gasteiger charge is 2.22. The lowest BCUT2D eigenvalue weighted by molar-refractivity contribution is 0.0603. The van der Waals surface area contributed by atoms with Crippen LogP contribution in [-0.2, 0) is 6.54 Å². The van der Waals surface area contributed by atoms with E-state index in [2.05, 4.69) is 31.1 Å². The lowest BCUT2D eigenvalue weighted by Crippen LogP contribution is -2.50. The Balaban J connectivity index is 1.60. The minimum absolute atomic E-state index is 0.261. The van der Waals surface area contributed by atoms with Crippen LogP contribution < -0.4 is 0 Å². The zero-order chi connectivity index (χ0) is 14.7. The maximum absolute atomic E-state index is 9.40. The second-order valence-corrected chi connectivity index (χ2v) is 5.61. The number of aliphatic hydroxyl groups excluding tert-OH is 1.